The normalized spacial score (nSPS) is 13.5. The van der Waals surface area contributed by atoms with Crippen LogP contribution in [-0.2, 0) is 0 Å². The van der Waals surface area contributed by atoms with Crippen molar-refractivity contribution in [3.8, 4) is 0 Å². The second-order valence-electron chi connectivity index (χ2n) is 4.49. The number of nitrogens with two attached hydrogens (primary N) is 1. The smallest absolute Gasteiger partial charge is 0.391 e. The summed E-state index contributed by atoms with van der Waals surface area (Å²) in [6.45, 7) is 1.48. The molecule has 0 aliphatic rings. The molecule has 0 aliphatic heterocycles. The molecule has 2 aromatic rings. The average Bonchev–Trinajstić information content (AvgIpc) is 2.31. The largest absolute Gasteiger partial charge is 0.397 e. The summed E-state index contributed by atoms with van der Waals surface area (Å²) < 4.78 is 36.8. The van der Waals surface area contributed by atoms with Gasteiger partial charge in [0.25, 0.3) is 0 Å². The maximum absolute atomic E-state index is 12.3. The van der Waals surface area contributed by atoms with Gasteiger partial charge in [0.1, 0.15) is 0 Å². The summed E-state index contributed by atoms with van der Waals surface area (Å²) in [6.07, 6.45) is -1.83. The van der Waals surface area contributed by atoms with Crippen molar-refractivity contribution in [2.75, 3.05) is 11.1 Å². The van der Waals surface area contributed by atoms with Gasteiger partial charge in [0, 0.05) is 29.2 Å². The molecule has 0 radical (unpaired) electrons. The number of benzene rings is 1. The SMILES string of the molecule is CC(CC(F)(F)F)Nc1ccc2cnccc2c1N. The van der Waals surface area contributed by atoms with Gasteiger partial charge in [-0.3, -0.25) is 4.98 Å². The highest BCUT2D eigenvalue weighted by molar-refractivity contribution is 5.98. The molecule has 102 valence electrons. The number of nitrogens with one attached hydrogen (secondary N) is 1. The van der Waals surface area contributed by atoms with E-state index in [1.54, 1.807) is 30.6 Å². The van der Waals surface area contributed by atoms with Crippen LogP contribution in [0.5, 0.6) is 0 Å². The summed E-state index contributed by atoms with van der Waals surface area (Å²) in [7, 11) is 0. The van der Waals surface area contributed by atoms with Crippen molar-refractivity contribution in [3.05, 3.63) is 30.6 Å². The lowest BCUT2D eigenvalue weighted by atomic mass is 10.1. The molecule has 1 unspecified atom stereocenters. The van der Waals surface area contributed by atoms with Gasteiger partial charge in [-0.2, -0.15) is 13.2 Å². The molecule has 6 heteroatoms. The molecule has 0 saturated carbocycles. The minimum Gasteiger partial charge on any atom is -0.397 e. The molecule has 1 aromatic heterocycles. The minimum atomic E-state index is -4.19. The number of anilines is 2. The van der Waals surface area contributed by atoms with Crippen molar-refractivity contribution in [3.63, 3.8) is 0 Å². The highest BCUT2D eigenvalue weighted by Gasteiger charge is 2.30. The average molecular weight is 269 g/mol. The molecule has 0 amide bonds. The summed E-state index contributed by atoms with van der Waals surface area (Å²) in [5.41, 5.74) is 6.91. The van der Waals surface area contributed by atoms with Gasteiger partial charge in [-0.1, -0.05) is 6.07 Å². The van der Waals surface area contributed by atoms with Crippen molar-refractivity contribution in [2.45, 2.75) is 25.6 Å². The lowest BCUT2D eigenvalue weighted by Gasteiger charge is -2.19. The zero-order chi connectivity index (χ0) is 14.0. The highest BCUT2D eigenvalue weighted by Crippen LogP contribution is 2.30. The van der Waals surface area contributed by atoms with Gasteiger partial charge in [0.15, 0.2) is 0 Å². The van der Waals surface area contributed by atoms with Gasteiger partial charge < -0.3 is 11.1 Å². The summed E-state index contributed by atoms with van der Waals surface area (Å²) in [6, 6.07) is 4.46. The van der Waals surface area contributed by atoms with Crippen molar-refractivity contribution in [1.82, 2.24) is 4.98 Å². The van der Waals surface area contributed by atoms with Crippen LogP contribution in [-0.4, -0.2) is 17.2 Å². The molecule has 0 spiro atoms. The van der Waals surface area contributed by atoms with Crippen LogP contribution in [0.1, 0.15) is 13.3 Å². The van der Waals surface area contributed by atoms with Crippen LogP contribution in [0, 0.1) is 0 Å². The Hall–Kier alpha value is -1.98. The number of rotatable bonds is 3. The fourth-order valence-electron chi connectivity index (χ4n) is 1.98. The summed E-state index contributed by atoms with van der Waals surface area (Å²) in [4.78, 5) is 3.97. The zero-order valence-corrected chi connectivity index (χ0v) is 10.3. The summed E-state index contributed by atoms with van der Waals surface area (Å²) in [5, 5.41) is 4.43. The molecule has 19 heavy (non-hydrogen) atoms. The number of hydrogen-bond acceptors (Lipinski definition) is 3. The van der Waals surface area contributed by atoms with E-state index in [9.17, 15) is 13.2 Å². The number of hydrogen-bond donors (Lipinski definition) is 2. The van der Waals surface area contributed by atoms with E-state index < -0.39 is 18.6 Å². The van der Waals surface area contributed by atoms with E-state index in [2.05, 4.69) is 10.3 Å². The molecular formula is C13H14F3N3. The standard InChI is InChI=1S/C13H14F3N3/c1-8(6-13(14,15)16)19-11-3-2-9-7-18-5-4-10(9)12(11)17/h2-5,7-8,19H,6,17H2,1H3. The molecule has 0 bridgehead atoms. The summed E-state index contributed by atoms with van der Waals surface area (Å²) >= 11 is 0. The predicted molar refractivity (Wildman–Crippen MR) is 69.9 cm³/mol. The Labute approximate surface area is 108 Å². The quantitative estimate of drug-likeness (QED) is 0.837. The van der Waals surface area contributed by atoms with E-state index in [4.69, 9.17) is 5.73 Å². The maximum atomic E-state index is 12.3. The number of aromatic nitrogens is 1. The second-order valence-corrected chi connectivity index (χ2v) is 4.49. The lowest BCUT2D eigenvalue weighted by molar-refractivity contribution is -0.136. The second kappa shape index (κ2) is 4.95. The molecule has 3 nitrogen and oxygen atoms in total. The van der Waals surface area contributed by atoms with Crippen molar-refractivity contribution in [2.24, 2.45) is 0 Å². The number of alkyl halides is 3. The molecule has 0 fully saturated rings. The first-order chi connectivity index (χ1) is 8.87. The van der Waals surface area contributed by atoms with E-state index in [1.165, 1.54) is 6.92 Å². The first-order valence-corrected chi connectivity index (χ1v) is 5.82. The topological polar surface area (TPSA) is 50.9 Å². The Bertz CT molecular complexity index is 581. The van der Waals surface area contributed by atoms with E-state index in [1.807, 2.05) is 0 Å². The van der Waals surface area contributed by atoms with Crippen LogP contribution in [0.4, 0.5) is 24.5 Å². The Morgan fingerprint density at radius 3 is 2.74 bits per heavy atom. The van der Waals surface area contributed by atoms with Crippen LogP contribution < -0.4 is 11.1 Å². The van der Waals surface area contributed by atoms with E-state index in [0.29, 0.717) is 11.4 Å². The molecule has 0 saturated heterocycles. The molecular weight excluding hydrogens is 255 g/mol. The van der Waals surface area contributed by atoms with Gasteiger partial charge in [-0.15, -0.1) is 0 Å². The van der Waals surface area contributed by atoms with Gasteiger partial charge in [-0.05, 0) is 19.1 Å². The van der Waals surface area contributed by atoms with Gasteiger partial charge in [0.2, 0.25) is 0 Å². The van der Waals surface area contributed by atoms with Crippen LogP contribution in [0.25, 0.3) is 10.8 Å². The van der Waals surface area contributed by atoms with Crippen LogP contribution >= 0.6 is 0 Å². The van der Waals surface area contributed by atoms with Crippen molar-refractivity contribution in [1.29, 1.82) is 0 Å². The van der Waals surface area contributed by atoms with Gasteiger partial charge in [0.05, 0.1) is 17.8 Å². The third kappa shape index (κ3) is 3.27. The van der Waals surface area contributed by atoms with Crippen LogP contribution in [0.2, 0.25) is 0 Å². The number of nitrogen functional groups attached to an aromatic ring is 1. The number of halogens is 3. The van der Waals surface area contributed by atoms with Gasteiger partial charge >= 0.3 is 6.18 Å². The lowest BCUT2D eigenvalue weighted by Crippen LogP contribution is -2.24. The third-order valence-corrected chi connectivity index (χ3v) is 2.80. The zero-order valence-electron chi connectivity index (χ0n) is 10.3. The molecule has 2 rings (SSSR count). The molecule has 1 aromatic carbocycles. The fourth-order valence-corrected chi connectivity index (χ4v) is 1.98. The van der Waals surface area contributed by atoms with Crippen molar-refractivity contribution >= 4 is 22.1 Å². The Kier molecular flexibility index (Phi) is 3.50. The Morgan fingerprint density at radius 2 is 2.05 bits per heavy atom. The minimum absolute atomic E-state index is 0.439. The number of nitrogens with zero attached hydrogens (tertiary/aromatic N) is 1. The first kappa shape index (κ1) is 13.5. The fraction of sp³-hybridized carbons (Fsp3) is 0.308. The monoisotopic (exact) mass is 269 g/mol. The van der Waals surface area contributed by atoms with Crippen molar-refractivity contribution < 1.29 is 13.2 Å². The number of pyridine rings is 1. The molecule has 1 atom stereocenters. The Balaban J connectivity index is 2.24. The van der Waals surface area contributed by atoms with Crippen LogP contribution in [0.3, 0.4) is 0 Å². The first-order valence-electron chi connectivity index (χ1n) is 5.82. The molecule has 1 heterocycles. The summed E-state index contributed by atoms with van der Waals surface area (Å²) in [5.74, 6) is 0. The highest BCUT2D eigenvalue weighted by atomic mass is 19.4. The molecule has 0 aliphatic carbocycles. The predicted octanol–water partition coefficient (Wildman–Crippen LogP) is 3.57. The van der Waals surface area contributed by atoms with E-state index in [-0.39, 0.29) is 0 Å². The molecule has 3 N–H and O–H groups in total. The Morgan fingerprint density at radius 1 is 1.32 bits per heavy atom. The van der Waals surface area contributed by atoms with E-state index >= 15 is 0 Å². The van der Waals surface area contributed by atoms with Crippen LogP contribution in [0.15, 0.2) is 30.6 Å². The third-order valence-electron chi connectivity index (χ3n) is 2.80. The van der Waals surface area contributed by atoms with E-state index in [0.717, 1.165) is 10.8 Å². The van der Waals surface area contributed by atoms with Gasteiger partial charge in [-0.25, -0.2) is 0 Å². The number of fused-ring (bicyclic) bond motifs is 1. The maximum Gasteiger partial charge on any atom is 0.391 e.